The van der Waals surface area contributed by atoms with E-state index >= 15 is 0 Å². The van der Waals surface area contributed by atoms with Crippen LogP contribution in [0.3, 0.4) is 0 Å². The van der Waals surface area contributed by atoms with Crippen LogP contribution in [0.1, 0.15) is 27.4 Å². The number of pyridine rings is 1. The smallest absolute Gasteiger partial charge is 0.339 e. The molecule has 19 heavy (non-hydrogen) atoms. The summed E-state index contributed by atoms with van der Waals surface area (Å²) in [5.41, 5.74) is 3.60. The Bertz CT molecular complexity index is 625. The molecule has 1 aliphatic carbocycles. The van der Waals surface area contributed by atoms with E-state index < -0.39 is 5.97 Å². The molecule has 4 nitrogen and oxygen atoms in total. The van der Waals surface area contributed by atoms with Gasteiger partial charge in [-0.2, -0.15) is 0 Å². The Morgan fingerprint density at radius 2 is 2.21 bits per heavy atom. The molecule has 0 saturated carbocycles. The summed E-state index contributed by atoms with van der Waals surface area (Å²) in [5, 5.41) is 12.3. The minimum atomic E-state index is -0.954. The van der Waals surface area contributed by atoms with Crippen molar-refractivity contribution in [3.63, 3.8) is 0 Å². The maximum absolute atomic E-state index is 11.1. The van der Waals surface area contributed by atoms with Crippen LogP contribution in [0.4, 0.5) is 5.69 Å². The van der Waals surface area contributed by atoms with E-state index in [1.165, 1.54) is 17.3 Å². The van der Waals surface area contributed by atoms with Crippen molar-refractivity contribution in [1.29, 1.82) is 0 Å². The normalized spacial score (nSPS) is 16.3. The second kappa shape index (κ2) is 4.72. The van der Waals surface area contributed by atoms with Gasteiger partial charge in [-0.05, 0) is 23.6 Å². The quantitative estimate of drug-likeness (QED) is 0.880. The molecule has 0 amide bonds. The van der Waals surface area contributed by atoms with Crippen LogP contribution in [0.15, 0.2) is 42.7 Å². The molecule has 0 spiro atoms. The highest BCUT2D eigenvalue weighted by Crippen LogP contribution is 2.34. The van der Waals surface area contributed by atoms with Gasteiger partial charge in [-0.1, -0.05) is 24.3 Å². The van der Waals surface area contributed by atoms with E-state index in [-0.39, 0.29) is 5.56 Å². The van der Waals surface area contributed by atoms with E-state index in [0.29, 0.717) is 11.6 Å². The Labute approximate surface area is 111 Å². The van der Waals surface area contributed by atoms with Crippen molar-refractivity contribution in [2.24, 2.45) is 0 Å². The number of hydrogen-bond acceptors (Lipinski definition) is 3. The molecule has 3 rings (SSSR count). The number of nitrogens with one attached hydrogen (secondary N) is 1. The van der Waals surface area contributed by atoms with Crippen LogP contribution in [-0.2, 0) is 6.42 Å². The van der Waals surface area contributed by atoms with Gasteiger partial charge >= 0.3 is 5.97 Å². The maximum atomic E-state index is 11.1. The van der Waals surface area contributed by atoms with Crippen molar-refractivity contribution in [2.45, 2.75) is 12.3 Å². The van der Waals surface area contributed by atoms with Crippen LogP contribution in [0.5, 0.6) is 0 Å². The zero-order chi connectivity index (χ0) is 13.2. The first kappa shape index (κ1) is 11.7. The average molecular weight is 254 g/mol. The number of hydrogen-bond donors (Lipinski definition) is 2. The second-order valence-corrected chi connectivity index (χ2v) is 4.71. The average Bonchev–Trinajstić information content (AvgIpc) is 2.40. The van der Waals surface area contributed by atoms with Crippen molar-refractivity contribution in [3.05, 3.63) is 59.4 Å². The second-order valence-electron chi connectivity index (χ2n) is 4.71. The molecule has 2 N–H and O–H groups in total. The van der Waals surface area contributed by atoms with E-state index in [0.717, 1.165) is 13.0 Å². The summed E-state index contributed by atoms with van der Waals surface area (Å²) in [7, 11) is 0. The molecular formula is C15H14N2O2. The van der Waals surface area contributed by atoms with E-state index in [1.807, 2.05) is 12.1 Å². The molecule has 1 atom stereocenters. The van der Waals surface area contributed by atoms with Crippen LogP contribution in [0.25, 0.3) is 0 Å². The molecule has 1 aromatic heterocycles. The summed E-state index contributed by atoms with van der Waals surface area (Å²) < 4.78 is 0. The zero-order valence-electron chi connectivity index (χ0n) is 10.3. The van der Waals surface area contributed by atoms with Crippen molar-refractivity contribution >= 4 is 11.7 Å². The van der Waals surface area contributed by atoms with Gasteiger partial charge in [-0.3, -0.25) is 4.98 Å². The minimum absolute atomic E-state index is 0.218. The molecule has 0 saturated heterocycles. The van der Waals surface area contributed by atoms with Crippen molar-refractivity contribution in [2.75, 3.05) is 11.9 Å². The Morgan fingerprint density at radius 1 is 1.37 bits per heavy atom. The van der Waals surface area contributed by atoms with Crippen LogP contribution in [0, 0.1) is 0 Å². The van der Waals surface area contributed by atoms with Gasteiger partial charge in [-0.25, -0.2) is 4.79 Å². The number of nitrogens with zero attached hydrogens (tertiary/aromatic N) is 1. The first-order chi connectivity index (χ1) is 9.25. The number of carboxylic acids is 1. The van der Waals surface area contributed by atoms with E-state index in [9.17, 15) is 4.79 Å². The summed E-state index contributed by atoms with van der Waals surface area (Å²) in [6.07, 6.45) is 4.03. The molecule has 1 aliphatic rings. The van der Waals surface area contributed by atoms with Gasteiger partial charge in [0, 0.05) is 24.9 Å². The van der Waals surface area contributed by atoms with Gasteiger partial charge in [-0.15, -0.1) is 0 Å². The Hall–Kier alpha value is -2.36. The van der Waals surface area contributed by atoms with E-state index in [1.54, 1.807) is 12.3 Å². The third-order valence-electron chi connectivity index (χ3n) is 3.55. The number of carbonyl (C=O) groups is 1. The number of benzene rings is 1. The molecule has 0 aliphatic heterocycles. The highest BCUT2D eigenvalue weighted by molar-refractivity contribution is 5.93. The van der Waals surface area contributed by atoms with E-state index in [2.05, 4.69) is 22.4 Å². The lowest BCUT2D eigenvalue weighted by Gasteiger charge is -2.30. The number of aromatic nitrogens is 1. The number of carboxylic acid groups (broad SMARTS) is 1. The molecule has 0 fully saturated rings. The SMILES string of the molecule is O=C(O)c1cnccc1NCC1Cc2ccccc21. The summed E-state index contributed by atoms with van der Waals surface area (Å²) in [4.78, 5) is 14.9. The monoisotopic (exact) mass is 254 g/mol. The van der Waals surface area contributed by atoms with Gasteiger partial charge in [0.25, 0.3) is 0 Å². The van der Waals surface area contributed by atoms with Gasteiger partial charge in [0.1, 0.15) is 5.56 Å². The molecular weight excluding hydrogens is 240 g/mol. The Kier molecular flexibility index (Phi) is 2.91. The molecule has 4 heteroatoms. The van der Waals surface area contributed by atoms with Gasteiger partial charge in [0.15, 0.2) is 0 Å². The first-order valence-electron chi connectivity index (χ1n) is 6.24. The largest absolute Gasteiger partial charge is 0.478 e. The number of anilines is 1. The molecule has 1 aromatic carbocycles. The highest BCUT2D eigenvalue weighted by atomic mass is 16.4. The van der Waals surface area contributed by atoms with Crippen molar-refractivity contribution < 1.29 is 9.90 Å². The number of aromatic carboxylic acids is 1. The summed E-state index contributed by atoms with van der Waals surface area (Å²) >= 11 is 0. The van der Waals surface area contributed by atoms with Gasteiger partial charge in [0.05, 0.1) is 5.69 Å². The number of rotatable bonds is 4. The molecule has 0 radical (unpaired) electrons. The van der Waals surface area contributed by atoms with Gasteiger partial charge < -0.3 is 10.4 Å². The lowest BCUT2D eigenvalue weighted by atomic mass is 9.77. The van der Waals surface area contributed by atoms with Crippen molar-refractivity contribution in [1.82, 2.24) is 4.98 Å². The fraction of sp³-hybridized carbons (Fsp3) is 0.200. The minimum Gasteiger partial charge on any atom is -0.478 e. The third kappa shape index (κ3) is 2.17. The lowest BCUT2D eigenvalue weighted by molar-refractivity contribution is 0.0697. The molecule has 1 unspecified atom stereocenters. The fourth-order valence-corrected chi connectivity index (χ4v) is 2.50. The van der Waals surface area contributed by atoms with Crippen LogP contribution < -0.4 is 5.32 Å². The summed E-state index contributed by atoms with van der Waals surface area (Å²) in [5.74, 6) is -0.490. The molecule has 1 heterocycles. The summed E-state index contributed by atoms with van der Waals surface area (Å²) in [6, 6.07) is 10.1. The van der Waals surface area contributed by atoms with E-state index in [4.69, 9.17) is 5.11 Å². The predicted molar refractivity (Wildman–Crippen MR) is 72.6 cm³/mol. The maximum Gasteiger partial charge on any atom is 0.339 e. The van der Waals surface area contributed by atoms with Gasteiger partial charge in [0.2, 0.25) is 0 Å². The van der Waals surface area contributed by atoms with Crippen LogP contribution in [0.2, 0.25) is 0 Å². The Balaban J connectivity index is 1.70. The standard InChI is InChI=1S/C15H14N2O2/c18-15(19)13-9-16-6-5-14(13)17-8-11-7-10-3-1-2-4-12(10)11/h1-6,9,11H,7-8H2,(H,16,17)(H,18,19). The predicted octanol–water partition coefficient (Wildman–Crippen LogP) is 2.53. The fourth-order valence-electron chi connectivity index (χ4n) is 2.50. The Morgan fingerprint density at radius 3 is 3.00 bits per heavy atom. The topological polar surface area (TPSA) is 62.2 Å². The van der Waals surface area contributed by atoms with Crippen molar-refractivity contribution in [3.8, 4) is 0 Å². The highest BCUT2D eigenvalue weighted by Gasteiger charge is 2.25. The number of fused-ring (bicyclic) bond motifs is 1. The first-order valence-corrected chi connectivity index (χ1v) is 6.24. The summed E-state index contributed by atoms with van der Waals surface area (Å²) in [6.45, 7) is 0.751. The van der Waals surface area contributed by atoms with Crippen LogP contribution >= 0.6 is 0 Å². The zero-order valence-corrected chi connectivity index (χ0v) is 10.3. The van der Waals surface area contributed by atoms with Crippen LogP contribution in [-0.4, -0.2) is 22.6 Å². The molecule has 96 valence electrons. The molecule has 2 aromatic rings. The lowest BCUT2D eigenvalue weighted by Crippen LogP contribution is -2.24. The molecule has 0 bridgehead atoms. The third-order valence-corrected chi connectivity index (χ3v) is 3.55.